The number of halogens is 1. The third-order valence-electron chi connectivity index (χ3n) is 4.07. The maximum Gasteiger partial charge on any atom is 0.341 e. The van der Waals surface area contributed by atoms with Gasteiger partial charge in [0.05, 0.1) is 24.5 Å². The van der Waals surface area contributed by atoms with Crippen molar-refractivity contribution in [2.75, 3.05) is 13.7 Å². The van der Waals surface area contributed by atoms with Gasteiger partial charge in [-0.3, -0.25) is 4.79 Å². The zero-order valence-corrected chi connectivity index (χ0v) is 13.3. The van der Waals surface area contributed by atoms with Crippen LogP contribution in [0.15, 0.2) is 47.3 Å². The fourth-order valence-corrected chi connectivity index (χ4v) is 3.13. The lowest BCUT2D eigenvalue weighted by molar-refractivity contribution is -0.127. The van der Waals surface area contributed by atoms with Crippen LogP contribution in [0.25, 0.3) is 0 Å². The summed E-state index contributed by atoms with van der Waals surface area (Å²) in [6.07, 6.45) is 3.09. The van der Waals surface area contributed by atoms with Crippen LogP contribution >= 0.6 is 11.6 Å². The van der Waals surface area contributed by atoms with E-state index < -0.39 is 5.97 Å². The molecule has 2 heterocycles. The Kier molecular flexibility index (Phi) is 4.39. The van der Waals surface area contributed by atoms with E-state index in [2.05, 4.69) is 0 Å². The van der Waals surface area contributed by atoms with E-state index in [0.717, 1.165) is 5.56 Å². The zero-order valence-electron chi connectivity index (χ0n) is 12.6. The van der Waals surface area contributed by atoms with Crippen molar-refractivity contribution < 1.29 is 18.7 Å². The van der Waals surface area contributed by atoms with Crippen LogP contribution in [0, 0.1) is 5.92 Å². The van der Waals surface area contributed by atoms with E-state index in [4.69, 9.17) is 20.8 Å². The predicted octanol–water partition coefficient (Wildman–Crippen LogP) is 3.31. The lowest BCUT2D eigenvalue weighted by atomic mass is 9.94. The summed E-state index contributed by atoms with van der Waals surface area (Å²) in [5, 5.41) is 0.615. The minimum absolute atomic E-state index is 0.0272. The number of esters is 1. The number of carbonyl (C=O) groups is 2. The molecule has 1 aromatic carbocycles. The molecule has 3 rings (SSSR count). The van der Waals surface area contributed by atoms with Gasteiger partial charge in [-0.2, -0.15) is 0 Å². The maximum atomic E-state index is 12.1. The van der Waals surface area contributed by atoms with Crippen molar-refractivity contribution in [1.29, 1.82) is 0 Å². The molecule has 5 nitrogen and oxygen atoms in total. The Labute approximate surface area is 138 Å². The van der Waals surface area contributed by atoms with Crippen LogP contribution in [0.4, 0.5) is 0 Å². The molecule has 1 fully saturated rings. The minimum atomic E-state index is -0.453. The van der Waals surface area contributed by atoms with Gasteiger partial charge in [0.15, 0.2) is 0 Å². The molecule has 2 atom stereocenters. The molecule has 6 heteroatoms. The third-order valence-corrected chi connectivity index (χ3v) is 4.30. The summed E-state index contributed by atoms with van der Waals surface area (Å²) in [6, 6.07) is 8.79. The van der Waals surface area contributed by atoms with Crippen LogP contribution in [0.1, 0.15) is 28.4 Å². The van der Waals surface area contributed by atoms with Gasteiger partial charge in [0.2, 0.25) is 5.91 Å². The van der Waals surface area contributed by atoms with Crippen LogP contribution in [0.5, 0.6) is 0 Å². The summed E-state index contributed by atoms with van der Waals surface area (Å²) >= 11 is 6.05. The Morgan fingerprint density at radius 3 is 2.96 bits per heavy atom. The monoisotopic (exact) mass is 333 g/mol. The molecule has 0 radical (unpaired) electrons. The molecule has 0 spiro atoms. The largest absolute Gasteiger partial charge is 0.472 e. The van der Waals surface area contributed by atoms with E-state index in [9.17, 15) is 9.59 Å². The van der Waals surface area contributed by atoms with Crippen molar-refractivity contribution in [2.24, 2.45) is 5.92 Å². The molecule has 1 aliphatic heterocycles. The van der Waals surface area contributed by atoms with Crippen molar-refractivity contribution in [3.8, 4) is 0 Å². The second kappa shape index (κ2) is 6.46. The molecule has 120 valence electrons. The topological polar surface area (TPSA) is 59.8 Å². The molecule has 0 N–H and O–H groups in total. The molecule has 0 saturated carbocycles. The minimum Gasteiger partial charge on any atom is -0.472 e. The van der Waals surface area contributed by atoms with Crippen LogP contribution < -0.4 is 0 Å². The molecule has 0 aliphatic carbocycles. The lowest BCUT2D eigenvalue weighted by Crippen LogP contribution is -2.26. The number of carbonyl (C=O) groups excluding carboxylic acids is 2. The van der Waals surface area contributed by atoms with Crippen molar-refractivity contribution in [3.05, 3.63) is 59.0 Å². The molecule has 1 amide bonds. The fraction of sp³-hybridized carbons (Fsp3) is 0.294. The second-order valence-electron chi connectivity index (χ2n) is 5.58. The van der Waals surface area contributed by atoms with Crippen LogP contribution in [0.2, 0.25) is 5.02 Å². The highest BCUT2D eigenvalue weighted by Gasteiger charge is 2.39. The third kappa shape index (κ3) is 3.24. The van der Waals surface area contributed by atoms with Crippen LogP contribution in [0.3, 0.4) is 0 Å². The number of hydrogen-bond donors (Lipinski definition) is 0. The van der Waals surface area contributed by atoms with Crippen molar-refractivity contribution >= 4 is 23.5 Å². The van der Waals surface area contributed by atoms with Gasteiger partial charge in [-0.25, -0.2) is 4.79 Å². The van der Waals surface area contributed by atoms with Crippen molar-refractivity contribution in [1.82, 2.24) is 4.90 Å². The van der Waals surface area contributed by atoms with Gasteiger partial charge < -0.3 is 14.1 Å². The lowest BCUT2D eigenvalue weighted by Gasteiger charge is -2.25. The Morgan fingerprint density at radius 1 is 1.43 bits per heavy atom. The predicted molar refractivity (Wildman–Crippen MR) is 84.1 cm³/mol. The SMILES string of the molecule is CN1C(=O)C[C@H](COC(=O)c2ccoc2)[C@H]1c1cccc(Cl)c1. The molecule has 23 heavy (non-hydrogen) atoms. The van der Waals surface area contributed by atoms with Crippen molar-refractivity contribution in [3.63, 3.8) is 0 Å². The van der Waals surface area contributed by atoms with Gasteiger partial charge in [-0.1, -0.05) is 23.7 Å². The maximum absolute atomic E-state index is 12.1. The summed E-state index contributed by atoms with van der Waals surface area (Å²) in [7, 11) is 1.76. The van der Waals surface area contributed by atoms with Gasteiger partial charge in [0.1, 0.15) is 6.26 Å². The highest BCUT2D eigenvalue weighted by atomic mass is 35.5. The second-order valence-corrected chi connectivity index (χ2v) is 6.02. The van der Waals surface area contributed by atoms with E-state index >= 15 is 0 Å². The smallest absolute Gasteiger partial charge is 0.341 e. The van der Waals surface area contributed by atoms with Gasteiger partial charge >= 0.3 is 5.97 Å². The first-order valence-corrected chi connectivity index (χ1v) is 7.64. The number of hydrogen-bond acceptors (Lipinski definition) is 4. The number of benzene rings is 1. The Bertz CT molecular complexity index is 713. The Morgan fingerprint density at radius 2 is 2.26 bits per heavy atom. The average Bonchev–Trinajstić information content (AvgIpc) is 3.14. The quantitative estimate of drug-likeness (QED) is 0.805. The first kappa shape index (κ1) is 15.6. The highest BCUT2D eigenvalue weighted by molar-refractivity contribution is 6.30. The first-order valence-electron chi connectivity index (χ1n) is 7.26. The van der Waals surface area contributed by atoms with E-state index in [1.807, 2.05) is 18.2 Å². The van der Waals surface area contributed by atoms with E-state index in [1.165, 1.54) is 12.5 Å². The molecule has 1 aromatic heterocycles. The molecule has 0 unspecified atom stereocenters. The molecular formula is C17H16ClNO4. The molecule has 0 bridgehead atoms. The number of likely N-dealkylation sites (tertiary alicyclic amines) is 1. The standard InChI is InChI=1S/C17H16ClNO4/c1-19-15(20)8-13(10-23-17(21)12-5-6-22-9-12)16(19)11-3-2-4-14(18)7-11/h2-7,9,13,16H,8,10H2,1H3/t13-,16-/m1/s1. The summed E-state index contributed by atoms with van der Waals surface area (Å²) in [6.45, 7) is 0.164. The summed E-state index contributed by atoms with van der Waals surface area (Å²) < 4.78 is 10.2. The van der Waals surface area contributed by atoms with Gasteiger partial charge in [0, 0.05) is 24.4 Å². The van der Waals surface area contributed by atoms with Crippen LogP contribution in [-0.4, -0.2) is 30.4 Å². The van der Waals surface area contributed by atoms with E-state index in [0.29, 0.717) is 17.0 Å². The summed E-state index contributed by atoms with van der Waals surface area (Å²) in [5.74, 6) is -0.535. The summed E-state index contributed by atoms with van der Waals surface area (Å²) in [4.78, 5) is 25.7. The molecular weight excluding hydrogens is 318 g/mol. The first-order chi connectivity index (χ1) is 11.1. The Balaban J connectivity index is 1.74. The van der Waals surface area contributed by atoms with Crippen molar-refractivity contribution in [2.45, 2.75) is 12.5 Å². The fourth-order valence-electron chi connectivity index (χ4n) is 2.93. The number of rotatable bonds is 4. The highest BCUT2D eigenvalue weighted by Crippen LogP contribution is 2.37. The molecule has 1 aliphatic rings. The summed E-state index contributed by atoms with van der Waals surface area (Å²) in [5.41, 5.74) is 1.30. The number of ether oxygens (including phenoxy) is 1. The number of nitrogens with zero attached hydrogens (tertiary/aromatic N) is 1. The van der Waals surface area contributed by atoms with E-state index in [-0.39, 0.29) is 24.5 Å². The van der Waals surface area contributed by atoms with Gasteiger partial charge in [-0.15, -0.1) is 0 Å². The Hall–Kier alpha value is -2.27. The number of amides is 1. The van der Waals surface area contributed by atoms with E-state index in [1.54, 1.807) is 24.1 Å². The van der Waals surface area contributed by atoms with Crippen LogP contribution in [-0.2, 0) is 9.53 Å². The zero-order chi connectivity index (χ0) is 16.4. The normalized spacial score (nSPS) is 20.8. The molecule has 2 aromatic rings. The number of furan rings is 1. The average molecular weight is 334 g/mol. The van der Waals surface area contributed by atoms with Gasteiger partial charge in [0.25, 0.3) is 0 Å². The van der Waals surface area contributed by atoms with Gasteiger partial charge in [-0.05, 0) is 23.8 Å². The molecule has 1 saturated heterocycles.